The molecule has 7 heteroatoms. The summed E-state index contributed by atoms with van der Waals surface area (Å²) < 4.78 is 2.75. The van der Waals surface area contributed by atoms with Crippen molar-refractivity contribution >= 4 is 22.6 Å². The Labute approximate surface area is 172 Å². The lowest BCUT2D eigenvalue weighted by Gasteiger charge is -2.13. The van der Waals surface area contributed by atoms with E-state index in [0.717, 1.165) is 16.7 Å². The largest absolute Gasteiger partial charge is 0.332 e. The third-order valence-corrected chi connectivity index (χ3v) is 5.06. The van der Waals surface area contributed by atoms with Gasteiger partial charge in [0.2, 0.25) is 0 Å². The molecule has 6 nitrogen and oxygen atoms in total. The van der Waals surface area contributed by atoms with Crippen LogP contribution in [0.3, 0.4) is 0 Å². The normalized spacial score (nSPS) is 11.1. The van der Waals surface area contributed by atoms with Crippen molar-refractivity contribution in [1.29, 1.82) is 0 Å². The van der Waals surface area contributed by atoms with Crippen LogP contribution in [-0.4, -0.2) is 19.1 Å². The number of fused-ring (bicyclic) bond motifs is 1. The first-order chi connectivity index (χ1) is 14.0. The van der Waals surface area contributed by atoms with E-state index >= 15 is 0 Å². The quantitative estimate of drug-likeness (QED) is 0.518. The first-order valence-corrected chi connectivity index (χ1v) is 9.67. The van der Waals surface area contributed by atoms with E-state index in [2.05, 4.69) is 9.97 Å². The van der Waals surface area contributed by atoms with Crippen LogP contribution in [0.15, 0.2) is 64.3 Å². The molecule has 0 unspecified atom stereocenters. The Morgan fingerprint density at radius 1 is 1.03 bits per heavy atom. The molecule has 0 atom stereocenters. The lowest BCUT2D eigenvalue weighted by Crippen LogP contribution is -2.40. The summed E-state index contributed by atoms with van der Waals surface area (Å²) in [4.78, 5) is 35.0. The lowest BCUT2D eigenvalue weighted by molar-refractivity contribution is 0.618. The highest BCUT2D eigenvalue weighted by Crippen LogP contribution is 2.19. The number of rotatable bonds is 4. The molecule has 4 aromatic rings. The van der Waals surface area contributed by atoms with Crippen molar-refractivity contribution in [3.05, 3.63) is 91.7 Å². The molecule has 4 rings (SSSR count). The zero-order chi connectivity index (χ0) is 20.5. The summed E-state index contributed by atoms with van der Waals surface area (Å²) >= 11 is 5.95. The maximum Gasteiger partial charge on any atom is 0.332 e. The fraction of sp³-hybridized carbons (Fsp3) is 0.182. The molecule has 2 aromatic heterocycles. The van der Waals surface area contributed by atoms with Gasteiger partial charge in [0.25, 0.3) is 5.56 Å². The van der Waals surface area contributed by atoms with Gasteiger partial charge in [-0.05, 0) is 43.7 Å². The van der Waals surface area contributed by atoms with Crippen molar-refractivity contribution in [3.63, 3.8) is 0 Å². The molecule has 0 radical (unpaired) electrons. The summed E-state index contributed by atoms with van der Waals surface area (Å²) in [5.41, 5.74) is 2.29. The Morgan fingerprint density at radius 2 is 1.79 bits per heavy atom. The van der Waals surface area contributed by atoms with E-state index in [0.29, 0.717) is 28.4 Å². The summed E-state index contributed by atoms with van der Waals surface area (Å²) in [5, 5.41) is 0.927. The SMILES string of the molecule is CCn1c(=O)n(Cc2cccc(C)c2)c(=O)c2cnc(-c3ccc(Cl)cc3)nc21. The Bertz CT molecular complexity index is 1320. The molecule has 0 amide bonds. The molecular formula is C22H19ClN4O2. The van der Waals surface area contributed by atoms with Gasteiger partial charge in [0.1, 0.15) is 5.39 Å². The number of hydrogen-bond donors (Lipinski definition) is 0. The van der Waals surface area contributed by atoms with Crippen molar-refractivity contribution in [2.75, 3.05) is 0 Å². The number of aromatic nitrogens is 4. The Balaban J connectivity index is 1.90. The topological polar surface area (TPSA) is 69.8 Å². The zero-order valence-electron chi connectivity index (χ0n) is 16.1. The van der Waals surface area contributed by atoms with Gasteiger partial charge in [-0.3, -0.25) is 13.9 Å². The van der Waals surface area contributed by atoms with Crippen LogP contribution in [-0.2, 0) is 13.1 Å². The van der Waals surface area contributed by atoms with Gasteiger partial charge in [-0.1, -0.05) is 41.4 Å². The van der Waals surface area contributed by atoms with Crippen molar-refractivity contribution in [3.8, 4) is 11.4 Å². The molecule has 0 fully saturated rings. The second-order valence-corrected chi connectivity index (χ2v) is 7.28. The van der Waals surface area contributed by atoms with Gasteiger partial charge in [-0.2, -0.15) is 0 Å². The van der Waals surface area contributed by atoms with E-state index in [1.165, 1.54) is 15.3 Å². The summed E-state index contributed by atoms with van der Waals surface area (Å²) in [6.07, 6.45) is 1.49. The summed E-state index contributed by atoms with van der Waals surface area (Å²) in [5.74, 6) is 0.437. The molecule has 2 aromatic carbocycles. The van der Waals surface area contributed by atoms with Crippen LogP contribution < -0.4 is 11.2 Å². The van der Waals surface area contributed by atoms with Gasteiger partial charge in [0, 0.05) is 23.3 Å². The van der Waals surface area contributed by atoms with Gasteiger partial charge < -0.3 is 0 Å². The van der Waals surface area contributed by atoms with Gasteiger partial charge in [-0.15, -0.1) is 0 Å². The number of hydrogen-bond acceptors (Lipinski definition) is 4. The van der Waals surface area contributed by atoms with Crippen molar-refractivity contribution in [2.24, 2.45) is 0 Å². The fourth-order valence-electron chi connectivity index (χ4n) is 3.35. The predicted octanol–water partition coefficient (Wildman–Crippen LogP) is 3.65. The highest BCUT2D eigenvalue weighted by atomic mass is 35.5. The molecule has 0 spiro atoms. The Hall–Kier alpha value is -3.25. The zero-order valence-corrected chi connectivity index (χ0v) is 16.8. The third-order valence-electron chi connectivity index (χ3n) is 4.80. The standard InChI is InChI=1S/C22H19ClN4O2/c1-3-26-20-18(12-24-19(25-20)16-7-9-17(23)10-8-16)21(28)27(22(26)29)13-15-6-4-5-14(2)11-15/h4-12H,3,13H2,1-2H3. The van der Waals surface area contributed by atoms with E-state index in [1.54, 1.807) is 24.3 Å². The summed E-state index contributed by atoms with van der Waals surface area (Å²) in [7, 11) is 0. The minimum Gasteiger partial charge on any atom is -0.277 e. The molecule has 0 aliphatic heterocycles. The van der Waals surface area contributed by atoms with Crippen LogP contribution in [0.25, 0.3) is 22.4 Å². The molecule has 29 heavy (non-hydrogen) atoms. The average Bonchev–Trinajstić information content (AvgIpc) is 2.72. The highest BCUT2D eigenvalue weighted by Gasteiger charge is 2.15. The summed E-state index contributed by atoms with van der Waals surface area (Å²) in [6, 6.07) is 14.9. The minimum absolute atomic E-state index is 0.203. The van der Waals surface area contributed by atoms with E-state index in [-0.39, 0.29) is 17.8 Å². The van der Waals surface area contributed by atoms with Gasteiger partial charge in [0.05, 0.1) is 6.54 Å². The monoisotopic (exact) mass is 406 g/mol. The van der Waals surface area contributed by atoms with Crippen molar-refractivity contribution in [2.45, 2.75) is 26.9 Å². The maximum atomic E-state index is 13.1. The van der Waals surface area contributed by atoms with Crippen LogP contribution in [0.2, 0.25) is 5.02 Å². The predicted molar refractivity (Wildman–Crippen MR) is 114 cm³/mol. The third kappa shape index (κ3) is 3.59. The van der Waals surface area contributed by atoms with Gasteiger partial charge >= 0.3 is 5.69 Å². The first-order valence-electron chi connectivity index (χ1n) is 9.30. The van der Waals surface area contributed by atoms with Crippen LogP contribution in [0, 0.1) is 6.92 Å². The molecular weight excluding hydrogens is 388 g/mol. The molecule has 0 aliphatic rings. The molecule has 0 aliphatic carbocycles. The van der Waals surface area contributed by atoms with Gasteiger partial charge in [-0.25, -0.2) is 14.8 Å². The number of benzene rings is 2. The number of aryl methyl sites for hydroxylation is 2. The maximum absolute atomic E-state index is 13.1. The van der Waals surface area contributed by atoms with E-state index < -0.39 is 0 Å². The molecule has 0 saturated heterocycles. The lowest BCUT2D eigenvalue weighted by atomic mass is 10.1. The van der Waals surface area contributed by atoms with Crippen LogP contribution >= 0.6 is 11.6 Å². The molecule has 2 heterocycles. The average molecular weight is 407 g/mol. The van der Waals surface area contributed by atoms with Gasteiger partial charge in [0.15, 0.2) is 11.5 Å². The van der Waals surface area contributed by atoms with Crippen molar-refractivity contribution < 1.29 is 0 Å². The Kier molecular flexibility index (Phi) is 5.03. The fourth-order valence-corrected chi connectivity index (χ4v) is 3.48. The van der Waals surface area contributed by atoms with E-state index in [9.17, 15) is 9.59 Å². The highest BCUT2D eigenvalue weighted by molar-refractivity contribution is 6.30. The Morgan fingerprint density at radius 3 is 2.48 bits per heavy atom. The number of nitrogens with zero attached hydrogens (tertiary/aromatic N) is 4. The molecule has 0 saturated carbocycles. The van der Waals surface area contributed by atoms with Crippen LogP contribution in [0.1, 0.15) is 18.1 Å². The smallest absolute Gasteiger partial charge is 0.277 e. The molecule has 0 bridgehead atoms. The summed E-state index contributed by atoms with van der Waals surface area (Å²) in [6.45, 7) is 4.42. The first kappa shape index (κ1) is 19.1. The van der Waals surface area contributed by atoms with Crippen LogP contribution in [0.4, 0.5) is 0 Å². The number of halogens is 1. The second kappa shape index (κ2) is 7.64. The molecule has 146 valence electrons. The second-order valence-electron chi connectivity index (χ2n) is 6.84. The minimum atomic E-state index is -0.390. The van der Waals surface area contributed by atoms with Crippen molar-refractivity contribution in [1.82, 2.24) is 19.1 Å². The van der Waals surface area contributed by atoms with E-state index in [4.69, 9.17) is 11.6 Å². The van der Waals surface area contributed by atoms with E-state index in [1.807, 2.05) is 38.1 Å². The van der Waals surface area contributed by atoms with Crippen LogP contribution in [0.5, 0.6) is 0 Å². The molecule has 0 N–H and O–H groups in total.